The second-order valence-corrected chi connectivity index (χ2v) is 8.69. The molecule has 166 valence electrons. The smallest absolute Gasteiger partial charge is 0.251 e. The summed E-state index contributed by atoms with van der Waals surface area (Å²) in [6.45, 7) is 3.64. The fourth-order valence-electron chi connectivity index (χ4n) is 3.20. The minimum Gasteiger partial charge on any atom is -0.346 e. The zero-order chi connectivity index (χ0) is 22.9. The number of hydrogen-bond donors (Lipinski definition) is 3. The molecule has 0 saturated heterocycles. The summed E-state index contributed by atoms with van der Waals surface area (Å²) < 4.78 is 13.2. The number of rotatable bonds is 9. The van der Waals surface area contributed by atoms with Crippen molar-refractivity contribution in [2.45, 2.75) is 23.3 Å². The van der Waals surface area contributed by atoms with Crippen LogP contribution in [0, 0.1) is 5.82 Å². The SMILES string of the molecule is CC(=O)Nc1cc(C(=O)NCC[NH+](C)Cc2ccccc2)ccc1Sc1ccc(F)cc1. The first kappa shape index (κ1) is 23.5. The lowest BCUT2D eigenvalue weighted by atomic mass is 10.2. The van der Waals surface area contributed by atoms with Crippen LogP contribution in [0.2, 0.25) is 0 Å². The van der Waals surface area contributed by atoms with Gasteiger partial charge in [-0.15, -0.1) is 0 Å². The Hall–Kier alpha value is -3.16. The van der Waals surface area contributed by atoms with Gasteiger partial charge in [0.2, 0.25) is 5.91 Å². The molecular formula is C25H27FN3O2S+. The third kappa shape index (κ3) is 7.21. The predicted octanol–water partition coefficient (Wildman–Crippen LogP) is 3.38. The molecule has 0 radical (unpaired) electrons. The van der Waals surface area contributed by atoms with Crippen molar-refractivity contribution in [3.63, 3.8) is 0 Å². The van der Waals surface area contributed by atoms with Gasteiger partial charge in [0.1, 0.15) is 12.4 Å². The highest BCUT2D eigenvalue weighted by atomic mass is 32.2. The first-order valence-electron chi connectivity index (χ1n) is 10.4. The molecule has 3 rings (SSSR count). The van der Waals surface area contributed by atoms with Crippen molar-refractivity contribution in [1.29, 1.82) is 0 Å². The Labute approximate surface area is 192 Å². The number of halogens is 1. The maximum absolute atomic E-state index is 13.2. The lowest BCUT2D eigenvalue weighted by molar-refractivity contribution is -0.892. The van der Waals surface area contributed by atoms with E-state index in [2.05, 4.69) is 29.8 Å². The Morgan fingerprint density at radius 2 is 1.72 bits per heavy atom. The van der Waals surface area contributed by atoms with E-state index < -0.39 is 0 Å². The van der Waals surface area contributed by atoms with Crippen LogP contribution in [0.1, 0.15) is 22.8 Å². The molecule has 32 heavy (non-hydrogen) atoms. The normalized spacial score (nSPS) is 11.6. The van der Waals surface area contributed by atoms with Crippen LogP contribution in [-0.4, -0.2) is 32.0 Å². The molecule has 0 saturated carbocycles. The Bertz CT molecular complexity index is 1060. The van der Waals surface area contributed by atoms with E-state index in [0.717, 1.165) is 22.9 Å². The summed E-state index contributed by atoms with van der Waals surface area (Å²) in [7, 11) is 2.09. The van der Waals surface area contributed by atoms with Gasteiger partial charge in [0, 0.05) is 27.8 Å². The van der Waals surface area contributed by atoms with Crippen molar-refractivity contribution in [1.82, 2.24) is 5.32 Å². The minimum absolute atomic E-state index is 0.192. The van der Waals surface area contributed by atoms with Crippen molar-refractivity contribution in [3.05, 3.63) is 89.7 Å². The number of carbonyl (C=O) groups is 2. The highest BCUT2D eigenvalue weighted by molar-refractivity contribution is 7.99. The van der Waals surface area contributed by atoms with Gasteiger partial charge in [-0.1, -0.05) is 42.1 Å². The van der Waals surface area contributed by atoms with E-state index in [4.69, 9.17) is 0 Å². The Balaban J connectivity index is 1.61. The molecule has 0 aliphatic rings. The van der Waals surface area contributed by atoms with Crippen molar-refractivity contribution in [2.75, 3.05) is 25.5 Å². The van der Waals surface area contributed by atoms with Gasteiger partial charge >= 0.3 is 0 Å². The first-order chi connectivity index (χ1) is 15.4. The zero-order valence-corrected chi connectivity index (χ0v) is 19.0. The van der Waals surface area contributed by atoms with Crippen LogP contribution < -0.4 is 15.5 Å². The number of quaternary nitrogens is 1. The molecule has 0 bridgehead atoms. The molecule has 5 nitrogen and oxygen atoms in total. The number of carbonyl (C=O) groups excluding carboxylic acids is 2. The summed E-state index contributed by atoms with van der Waals surface area (Å²) in [5, 5.41) is 5.73. The lowest BCUT2D eigenvalue weighted by Crippen LogP contribution is -3.08. The maximum atomic E-state index is 13.2. The summed E-state index contributed by atoms with van der Waals surface area (Å²) in [5.74, 6) is -0.725. The van der Waals surface area contributed by atoms with Gasteiger partial charge in [0.15, 0.2) is 0 Å². The molecule has 3 aromatic rings. The van der Waals surface area contributed by atoms with E-state index in [0.29, 0.717) is 17.8 Å². The van der Waals surface area contributed by atoms with Crippen LogP contribution in [0.5, 0.6) is 0 Å². The van der Waals surface area contributed by atoms with E-state index in [1.165, 1.54) is 41.3 Å². The average Bonchev–Trinajstić information content (AvgIpc) is 2.76. The number of amides is 2. The molecule has 2 amide bonds. The van der Waals surface area contributed by atoms with E-state index in [9.17, 15) is 14.0 Å². The first-order valence-corrected chi connectivity index (χ1v) is 11.2. The summed E-state index contributed by atoms with van der Waals surface area (Å²) in [5.41, 5.74) is 2.27. The van der Waals surface area contributed by atoms with Crippen molar-refractivity contribution >= 4 is 29.3 Å². The number of anilines is 1. The Morgan fingerprint density at radius 3 is 2.41 bits per heavy atom. The van der Waals surface area contributed by atoms with Gasteiger partial charge in [-0.2, -0.15) is 0 Å². The third-order valence-corrected chi connectivity index (χ3v) is 5.86. The maximum Gasteiger partial charge on any atom is 0.251 e. The monoisotopic (exact) mass is 452 g/mol. The van der Waals surface area contributed by atoms with Crippen LogP contribution in [0.4, 0.5) is 10.1 Å². The lowest BCUT2D eigenvalue weighted by Gasteiger charge is -2.15. The molecule has 0 fully saturated rings. The molecule has 0 aromatic heterocycles. The van der Waals surface area contributed by atoms with Crippen LogP contribution in [-0.2, 0) is 11.3 Å². The van der Waals surface area contributed by atoms with Crippen molar-refractivity contribution in [2.24, 2.45) is 0 Å². The van der Waals surface area contributed by atoms with Gasteiger partial charge in [0.25, 0.3) is 5.91 Å². The quantitative estimate of drug-likeness (QED) is 0.467. The zero-order valence-electron chi connectivity index (χ0n) is 18.2. The summed E-state index contributed by atoms with van der Waals surface area (Å²) in [6, 6.07) is 21.5. The van der Waals surface area contributed by atoms with Crippen LogP contribution >= 0.6 is 11.8 Å². The third-order valence-electron chi connectivity index (χ3n) is 4.78. The summed E-state index contributed by atoms with van der Waals surface area (Å²) in [4.78, 5) is 27.2. The predicted molar refractivity (Wildman–Crippen MR) is 126 cm³/mol. The van der Waals surface area contributed by atoms with E-state index >= 15 is 0 Å². The summed E-state index contributed by atoms with van der Waals surface area (Å²) in [6.07, 6.45) is 0. The number of nitrogens with one attached hydrogen (secondary N) is 3. The molecule has 0 spiro atoms. The Morgan fingerprint density at radius 1 is 1.00 bits per heavy atom. The van der Waals surface area contributed by atoms with Crippen LogP contribution in [0.25, 0.3) is 0 Å². The Kier molecular flexibility index (Phi) is 8.41. The van der Waals surface area contributed by atoms with Crippen molar-refractivity contribution in [3.8, 4) is 0 Å². The number of hydrogen-bond acceptors (Lipinski definition) is 3. The van der Waals surface area contributed by atoms with Crippen LogP contribution in [0.15, 0.2) is 82.6 Å². The van der Waals surface area contributed by atoms with Crippen molar-refractivity contribution < 1.29 is 18.9 Å². The molecule has 1 atom stereocenters. The fourth-order valence-corrected chi connectivity index (χ4v) is 4.08. The molecule has 7 heteroatoms. The topological polar surface area (TPSA) is 62.6 Å². The van der Waals surface area contributed by atoms with E-state index in [1.54, 1.807) is 30.3 Å². The number of benzene rings is 3. The van der Waals surface area contributed by atoms with E-state index in [-0.39, 0.29) is 17.6 Å². The fraction of sp³-hybridized carbons (Fsp3) is 0.200. The summed E-state index contributed by atoms with van der Waals surface area (Å²) >= 11 is 1.39. The van der Waals surface area contributed by atoms with Crippen LogP contribution in [0.3, 0.4) is 0 Å². The second kappa shape index (κ2) is 11.5. The van der Waals surface area contributed by atoms with Gasteiger partial charge in [-0.05, 0) is 42.5 Å². The molecule has 0 aliphatic carbocycles. The number of likely N-dealkylation sites (N-methyl/N-ethyl adjacent to an activating group) is 1. The average molecular weight is 453 g/mol. The van der Waals surface area contributed by atoms with Gasteiger partial charge in [-0.25, -0.2) is 4.39 Å². The molecule has 0 aliphatic heterocycles. The highest BCUT2D eigenvalue weighted by Crippen LogP contribution is 2.34. The highest BCUT2D eigenvalue weighted by Gasteiger charge is 2.13. The molecular weight excluding hydrogens is 425 g/mol. The van der Waals surface area contributed by atoms with Gasteiger partial charge in [0.05, 0.1) is 25.8 Å². The molecule has 3 aromatic carbocycles. The van der Waals surface area contributed by atoms with Gasteiger partial charge < -0.3 is 15.5 Å². The molecule has 0 heterocycles. The largest absolute Gasteiger partial charge is 0.346 e. The molecule has 1 unspecified atom stereocenters. The minimum atomic E-state index is -0.306. The second-order valence-electron chi connectivity index (χ2n) is 7.57. The molecule has 3 N–H and O–H groups in total. The van der Waals surface area contributed by atoms with E-state index in [1.807, 2.05) is 18.2 Å². The standard InChI is InChI=1S/C25H26FN3O2S/c1-18(30)28-23-16-20(8-13-24(23)32-22-11-9-21(26)10-12-22)25(31)27-14-15-29(2)17-19-6-4-3-5-7-19/h3-13,16H,14-15,17H2,1-2H3,(H,27,31)(H,28,30)/p+1. The van der Waals surface area contributed by atoms with Gasteiger partial charge in [-0.3, -0.25) is 9.59 Å².